The highest BCUT2D eigenvalue weighted by Gasteiger charge is 2.53. The van der Waals surface area contributed by atoms with E-state index in [1.165, 1.54) is 0 Å². The number of carbonyl (C=O) groups is 2. The Morgan fingerprint density at radius 3 is 2.43 bits per heavy atom. The minimum Gasteiger partial charge on any atom is -0.477 e. The molecule has 10 heteroatoms. The number of carboxylic acids is 1. The number of nitrogens with one attached hydrogen (secondary N) is 1. The Bertz CT molecular complexity index is 403. The molecule has 1 unspecified atom stereocenters. The molecule has 1 heterocycles. The minimum absolute atomic E-state index is 0.598. The van der Waals surface area contributed by atoms with Crippen LogP contribution in [0.3, 0.4) is 0 Å². The Morgan fingerprint density at radius 1 is 1.43 bits per heavy atom. The quantitative estimate of drug-likeness (QED) is 0.268. The Kier molecular flexibility index (Phi) is 5.61. The maximum absolute atomic E-state index is 11.1. The SMILES string of the molecule is CC(=O)N[C@@H]1C([C@@H](O)[C@@H](O)CO)O[C@@](O)(C(=O)O)C[C@@H]1O. The van der Waals surface area contributed by atoms with Gasteiger partial charge in [0.15, 0.2) is 0 Å². The molecule has 1 rings (SSSR count). The lowest BCUT2D eigenvalue weighted by molar-refractivity contribution is -0.295. The first kappa shape index (κ1) is 17.8. The fourth-order valence-electron chi connectivity index (χ4n) is 2.14. The summed E-state index contributed by atoms with van der Waals surface area (Å²) in [5.74, 6) is -5.17. The van der Waals surface area contributed by atoms with E-state index in [9.17, 15) is 30.0 Å². The van der Waals surface area contributed by atoms with E-state index in [0.29, 0.717) is 0 Å². The second-order valence-electron chi connectivity index (χ2n) is 4.91. The van der Waals surface area contributed by atoms with Crippen LogP contribution in [-0.2, 0) is 14.3 Å². The summed E-state index contributed by atoms with van der Waals surface area (Å²) in [6.45, 7) is 0.256. The van der Waals surface area contributed by atoms with Crippen molar-refractivity contribution in [3.8, 4) is 0 Å². The summed E-state index contributed by atoms with van der Waals surface area (Å²) in [7, 11) is 0. The van der Waals surface area contributed by atoms with Crippen molar-refractivity contribution >= 4 is 11.9 Å². The van der Waals surface area contributed by atoms with Crippen LogP contribution >= 0.6 is 0 Å². The summed E-state index contributed by atoms with van der Waals surface area (Å²) in [6, 6.07) is -1.27. The minimum atomic E-state index is -2.78. The number of carboxylic acid groups (broad SMARTS) is 1. The average Bonchev–Trinajstić information content (AvgIpc) is 2.39. The molecule has 1 saturated heterocycles. The number of aliphatic hydroxyl groups is 5. The van der Waals surface area contributed by atoms with E-state index in [0.717, 1.165) is 6.92 Å². The molecule has 6 atom stereocenters. The fourth-order valence-corrected chi connectivity index (χ4v) is 2.14. The normalized spacial score (nSPS) is 35.8. The summed E-state index contributed by atoms with van der Waals surface area (Å²) in [6.07, 6.45) is -7.48. The van der Waals surface area contributed by atoms with Crippen LogP contribution in [0.4, 0.5) is 0 Å². The van der Waals surface area contributed by atoms with Crippen molar-refractivity contribution in [1.29, 1.82) is 0 Å². The Hall–Kier alpha value is -1.30. The maximum Gasteiger partial charge on any atom is 0.364 e. The van der Waals surface area contributed by atoms with Crippen molar-refractivity contribution in [2.75, 3.05) is 6.61 Å². The van der Waals surface area contributed by atoms with Crippen LogP contribution in [0.15, 0.2) is 0 Å². The summed E-state index contributed by atoms with van der Waals surface area (Å²) < 4.78 is 4.86. The molecule has 10 nitrogen and oxygen atoms in total. The average molecular weight is 309 g/mol. The van der Waals surface area contributed by atoms with Crippen LogP contribution in [0.25, 0.3) is 0 Å². The van der Waals surface area contributed by atoms with E-state index >= 15 is 0 Å². The second-order valence-corrected chi connectivity index (χ2v) is 4.91. The zero-order valence-electron chi connectivity index (χ0n) is 11.2. The number of hydrogen-bond acceptors (Lipinski definition) is 8. The van der Waals surface area contributed by atoms with Crippen LogP contribution in [0.1, 0.15) is 13.3 Å². The summed E-state index contributed by atoms with van der Waals surface area (Å²) in [4.78, 5) is 22.1. The van der Waals surface area contributed by atoms with Crippen molar-refractivity contribution < 1.29 is 45.0 Å². The monoisotopic (exact) mass is 309 g/mol. The smallest absolute Gasteiger partial charge is 0.364 e. The molecule has 0 aromatic carbocycles. The zero-order valence-corrected chi connectivity index (χ0v) is 11.2. The lowest BCUT2D eigenvalue weighted by Crippen LogP contribution is -2.67. The van der Waals surface area contributed by atoms with Gasteiger partial charge in [0.25, 0.3) is 5.79 Å². The van der Waals surface area contributed by atoms with Crippen molar-refractivity contribution in [2.24, 2.45) is 0 Å². The highest BCUT2D eigenvalue weighted by Crippen LogP contribution is 2.30. The molecule has 1 aliphatic heterocycles. The lowest BCUT2D eigenvalue weighted by atomic mass is 9.88. The predicted molar refractivity (Wildman–Crippen MR) is 64.8 cm³/mol. The molecule has 0 bridgehead atoms. The van der Waals surface area contributed by atoms with Crippen LogP contribution in [-0.4, -0.2) is 85.4 Å². The van der Waals surface area contributed by atoms with Crippen LogP contribution in [0, 0.1) is 0 Å². The van der Waals surface area contributed by atoms with Gasteiger partial charge in [-0.15, -0.1) is 0 Å². The largest absolute Gasteiger partial charge is 0.477 e. The van der Waals surface area contributed by atoms with E-state index in [-0.39, 0.29) is 0 Å². The first-order valence-electron chi connectivity index (χ1n) is 6.18. The molecule has 122 valence electrons. The van der Waals surface area contributed by atoms with Gasteiger partial charge < -0.3 is 40.7 Å². The number of amides is 1. The van der Waals surface area contributed by atoms with Crippen LogP contribution < -0.4 is 5.32 Å². The molecular weight excluding hydrogens is 290 g/mol. The third-order valence-electron chi connectivity index (χ3n) is 3.21. The number of hydrogen-bond donors (Lipinski definition) is 7. The molecule has 0 spiro atoms. The van der Waals surface area contributed by atoms with Gasteiger partial charge in [0, 0.05) is 13.3 Å². The molecule has 1 fully saturated rings. The molecule has 1 aliphatic rings. The fraction of sp³-hybridized carbons (Fsp3) is 0.818. The Labute approximate surface area is 119 Å². The van der Waals surface area contributed by atoms with Gasteiger partial charge in [-0.3, -0.25) is 4.79 Å². The number of aliphatic hydroxyl groups excluding tert-OH is 4. The van der Waals surface area contributed by atoms with E-state index in [1.54, 1.807) is 0 Å². The molecule has 0 aromatic rings. The first-order valence-corrected chi connectivity index (χ1v) is 6.18. The summed E-state index contributed by atoms with van der Waals surface area (Å²) in [5, 5.41) is 59.0. The summed E-state index contributed by atoms with van der Waals surface area (Å²) >= 11 is 0. The van der Waals surface area contributed by atoms with Crippen LogP contribution in [0.5, 0.6) is 0 Å². The molecule has 7 N–H and O–H groups in total. The molecule has 0 aromatic heterocycles. The highest BCUT2D eigenvalue weighted by molar-refractivity contribution is 5.76. The van der Waals surface area contributed by atoms with Crippen molar-refractivity contribution in [2.45, 2.75) is 49.6 Å². The molecule has 21 heavy (non-hydrogen) atoms. The molecule has 0 aliphatic carbocycles. The molecular formula is C11H19NO9. The number of rotatable bonds is 5. The van der Waals surface area contributed by atoms with Gasteiger partial charge in [0.05, 0.1) is 18.8 Å². The third-order valence-corrected chi connectivity index (χ3v) is 3.21. The molecule has 0 saturated carbocycles. The van der Waals surface area contributed by atoms with Gasteiger partial charge in [-0.2, -0.15) is 0 Å². The van der Waals surface area contributed by atoms with Gasteiger partial charge in [-0.25, -0.2) is 4.79 Å². The van der Waals surface area contributed by atoms with Gasteiger partial charge in [0.2, 0.25) is 5.91 Å². The zero-order chi connectivity index (χ0) is 16.4. The number of aliphatic carboxylic acids is 1. The number of ether oxygens (including phenoxy) is 1. The number of carbonyl (C=O) groups excluding carboxylic acids is 1. The predicted octanol–water partition coefficient (Wildman–Crippen LogP) is -3.87. The van der Waals surface area contributed by atoms with Gasteiger partial charge in [0.1, 0.15) is 18.3 Å². The van der Waals surface area contributed by atoms with Crippen LogP contribution in [0.2, 0.25) is 0 Å². The lowest BCUT2D eigenvalue weighted by Gasteiger charge is -2.44. The summed E-state index contributed by atoms with van der Waals surface area (Å²) in [5.41, 5.74) is 0. The first-order chi connectivity index (χ1) is 9.62. The van der Waals surface area contributed by atoms with Crippen molar-refractivity contribution in [3.63, 3.8) is 0 Å². The van der Waals surface area contributed by atoms with E-state index in [2.05, 4.69) is 5.32 Å². The van der Waals surface area contributed by atoms with Crippen molar-refractivity contribution in [3.05, 3.63) is 0 Å². The Morgan fingerprint density at radius 2 is 2.00 bits per heavy atom. The highest BCUT2D eigenvalue weighted by atomic mass is 16.7. The van der Waals surface area contributed by atoms with E-state index in [4.69, 9.17) is 14.9 Å². The molecule has 0 radical (unpaired) electrons. The van der Waals surface area contributed by atoms with Gasteiger partial charge in [-0.1, -0.05) is 0 Å². The third kappa shape index (κ3) is 3.87. The maximum atomic E-state index is 11.1. The van der Waals surface area contributed by atoms with Gasteiger partial charge >= 0.3 is 5.97 Å². The second kappa shape index (κ2) is 6.64. The molecule has 1 amide bonds. The topological polar surface area (TPSA) is 177 Å². The van der Waals surface area contributed by atoms with E-state index < -0.39 is 61.1 Å². The standard InChI is InChI=1S/C11H19NO9/c1-4(14)12-7-5(15)2-11(20,10(18)19)21-9(7)8(17)6(16)3-13/h5-9,13,15-17,20H,2-3H2,1H3,(H,12,14)(H,18,19)/t5-,6-,7-,8-,9?,11+/m0/s1. The Balaban J connectivity index is 3.07. The van der Waals surface area contributed by atoms with E-state index in [1.807, 2.05) is 0 Å². The van der Waals surface area contributed by atoms with Gasteiger partial charge in [-0.05, 0) is 0 Å². The van der Waals surface area contributed by atoms with Crippen molar-refractivity contribution in [1.82, 2.24) is 5.32 Å².